The Morgan fingerprint density at radius 2 is 1.84 bits per heavy atom. The van der Waals surface area contributed by atoms with Crippen LogP contribution in [0.5, 0.6) is 0 Å². The first-order chi connectivity index (χ1) is 12.2. The molecule has 0 aliphatic heterocycles. The van der Waals surface area contributed by atoms with Gasteiger partial charge < -0.3 is 10.1 Å². The Labute approximate surface area is 149 Å². The third-order valence-corrected chi connectivity index (χ3v) is 4.34. The van der Waals surface area contributed by atoms with Crippen molar-refractivity contribution in [2.75, 3.05) is 6.54 Å². The zero-order valence-electron chi connectivity index (χ0n) is 13.3. The SMILES string of the molecule is O=C(/C=C/c1nc2ccccc2s1)NCC(=O)OCc1ccccc1. The summed E-state index contributed by atoms with van der Waals surface area (Å²) < 4.78 is 6.16. The zero-order chi connectivity index (χ0) is 17.5. The third-order valence-electron chi connectivity index (χ3n) is 3.34. The third kappa shape index (κ3) is 4.99. The normalized spacial score (nSPS) is 10.9. The minimum absolute atomic E-state index is 0.171. The van der Waals surface area contributed by atoms with E-state index in [4.69, 9.17) is 4.74 Å². The number of carbonyl (C=O) groups excluding carboxylic acids is 2. The lowest BCUT2D eigenvalue weighted by Crippen LogP contribution is -2.29. The van der Waals surface area contributed by atoms with E-state index in [2.05, 4.69) is 10.3 Å². The van der Waals surface area contributed by atoms with Crippen molar-refractivity contribution in [2.24, 2.45) is 0 Å². The van der Waals surface area contributed by atoms with Gasteiger partial charge in [-0.2, -0.15) is 0 Å². The minimum Gasteiger partial charge on any atom is -0.460 e. The maximum atomic E-state index is 11.8. The molecule has 5 nitrogen and oxygen atoms in total. The Morgan fingerprint density at radius 1 is 1.08 bits per heavy atom. The molecule has 0 aliphatic rings. The van der Waals surface area contributed by atoms with E-state index in [9.17, 15) is 9.59 Å². The Balaban J connectivity index is 1.45. The lowest BCUT2D eigenvalue weighted by atomic mass is 10.2. The lowest BCUT2D eigenvalue weighted by molar-refractivity contribution is -0.144. The molecule has 0 spiro atoms. The van der Waals surface area contributed by atoms with E-state index < -0.39 is 5.97 Å². The van der Waals surface area contributed by atoms with Gasteiger partial charge in [0.05, 0.1) is 10.2 Å². The number of carbonyl (C=O) groups is 2. The second-order valence-corrected chi connectivity index (χ2v) is 6.28. The summed E-state index contributed by atoms with van der Waals surface area (Å²) in [6, 6.07) is 17.1. The molecular weight excluding hydrogens is 336 g/mol. The molecule has 6 heteroatoms. The number of aromatic nitrogens is 1. The number of esters is 1. The molecule has 0 bridgehead atoms. The van der Waals surface area contributed by atoms with Gasteiger partial charge in [-0.1, -0.05) is 42.5 Å². The molecule has 25 heavy (non-hydrogen) atoms. The first-order valence-electron chi connectivity index (χ1n) is 7.72. The first-order valence-corrected chi connectivity index (χ1v) is 8.53. The van der Waals surface area contributed by atoms with Crippen LogP contribution in [0.15, 0.2) is 60.7 Å². The quantitative estimate of drug-likeness (QED) is 0.546. The van der Waals surface area contributed by atoms with Crippen molar-refractivity contribution in [3.05, 3.63) is 71.2 Å². The van der Waals surface area contributed by atoms with Gasteiger partial charge in [0.2, 0.25) is 5.91 Å². The molecule has 126 valence electrons. The average Bonchev–Trinajstić information content (AvgIpc) is 3.07. The summed E-state index contributed by atoms with van der Waals surface area (Å²) in [5, 5.41) is 3.24. The van der Waals surface area contributed by atoms with E-state index in [0.29, 0.717) is 0 Å². The number of benzene rings is 2. The smallest absolute Gasteiger partial charge is 0.325 e. The highest BCUT2D eigenvalue weighted by Gasteiger charge is 2.05. The van der Waals surface area contributed by atoms with E-state index in [0.717, 1.165) is 20.8 Å². The van der Waals surface area contributed by atoms with Crippen molar-refractivity contribution in [2.45, 2.75) is 6.61 Å². The number of hydrogen-bond acceptors (Lipinski definition) is 5. The summed E-state index contributed by atoms with van der Waals surface area (Å²) in [7, 11) is 0. The number of nitrogens with zero attached hydrogens (tertiary/aromatic N) is 1. The van der Waals surface area contributed by atoms with E-state index in [-0.39, 0.29) is 19.1 Å². The van der Waals surface area contributed by atoms with Gasteiger partial charge in [0.25, 0.3) is 0 Å². The van der Waals surface area contributed by atoms with Crippen LogP contribution in [0.3, 0.4) is 0 Å². The molecule has 1 N–H and O–H groups in total. The molecular formula is C19H16N2O3S. The maximum Gasteiger partial charge on any atom is 0.325 e. The van der Waals surface area contributed by atoms with Crippen LogP contribution >= 0.6 is 11.3 Å². The lowest BCUT2D eigenvalue weighted by Gasteiger charge is -2.05. The summed E-state index contributed by atoms with van der Waals surface area (Å²) >= 11 is 1.50. The Kier molecular flexibility index (Phi) is 5.53. The molecule has 1 heterocycles. The first kappa shape index (κ1) is 16.9. The van der Waals surface area contributed by atoms with Gasteiger partial charge in [-0.15, -0.1) is 11.3 Å². The molecule has 0 atom stereocenters. The molecule has 3 aromatic rings. The largest absolute Gasteiger partial charge is 0.460 e. The number of ether oxygens (including phenoxy) is 1. The summed E-state index contributed by atoms with van der Waals surface area (Å²) in [4.78, 5) is 27.8. The standard InChI is InChI=1S/C19H16N2O3S/c22-17(10-11-18-21-15-8-4-5-9-16(15)25-18)20-12-19(23)24-13-14-6-2-1-3-7-14/h1-11H,12-13H2,(H,20,22)/b11-10+. The Hall–Kier alpha value is -2.99. The van der Waals surface area contributed by atoms with Crippen LogP contribution in [-0.2, 0) is 20.9 Å². The van der Waals surface area contributed by atoms with Gasteiger partial charge in [0.15, 0.2) is 0 Å². The fraction of sp³-hybridized carbons (Fsp3) is 0.105. The van der Waals surface area contributed by atoms with E-state index in [1.54, 1.807) is 6.08 Å². The Morgan fingerprint density at radius 3 is 2.64 bits per heavy atom. The molecule has 2 aromatic carbocycles. The molecule has 1 amide bonds. The predicted molar refractivity (Wildman–Crippen MR) is 97.9 cm³/mol. The number of nitrogens with one attached hydrogen (secondary N) is 1. The van der Waals surface area contributed by atoms with Crippen LogP contribution in [0.25, 0.3) is 16.3 Å². The molecule has 0 radical (unpaired) electrons. The van der Waals surface area contributed by atoms with Gasteiger partial charge >= 0.3 is 5.97 Å². The second-order valence-electron chi connectivity index (χ2n) is 5.22. The van der Waals surface area contributed by atoms with Gasteiger partial charge in [-0.3, -0.25) is 9.59 Å². The van der Waals surface area contributed by atoms with Crippen LogP contribution in [0.2, 0.25) is 0 Å². The second kappa shape index (κ2) is 8.21. The van der Waals surface area contributed by atoms with Gasteiger partial charge in [-0.25, -0.2) is 4.98 Å². The molecule has 3 rings (SSSR count). The van der Waals surface area contributed by atoms with Crippen molar-refractivity contribution in [3.8, 4) is 0 Å². The highest BCUT2D eigenvalue weighted by atomic mass is 32.1. The molecule has 0 unspecified atom stereocenters. The number of amides is 1. The Bertz CT molecular complexity index is 870. The van der Waals surface area contributed by atoms with Crippen molar-refractivity contribution in [1.29, 1.82) is 0 Å². The maximum absolute atomic E-state index is 11.8. The van der Waals surface area contributed by atoms with Crippen molar-refractivity contribution in [3.63, 3.8) is 0 Å². The molecule has 0 saturated carbocycles. The summed E-state index contributed by atoms with van der Waals surface area (Å²) in [5.74, 6) is -0.846. The van der Waals surface area contributed by atoms with E-state index in [1.807, 2.05) is 54.6 Å². The van der Waals surface area contributed by atoms with Gasteiger partial charge in [0, 0.05) is 6.08 Å². The number of hydrogen-bond donors (Lipinski definition) is 1. The fourth-order valence-corrected chi connectivity index (χ4v) is 2.99. The van der Waals surface area contributed by atoms with Crippen molar-refractivity contribution < 1.29 is 14.3 Å². The number of para-hydroxylation sites is 1. The van der Waals surface area contributed by atoms with Crippen molar-refractivity contribution in [1.82, 2.24) is 10.3 Å². The van der Waals surface area contributed by atoms with Crippen LogP contribution < -0.4 is 5.32 Å². The topological polar surface area (TPSA) is 68.3 Å². The fourth-order valence-electron chi connectivity index (χ4n) is 2.12. The highest BCUT2D eigenvalue weighted by molar-refractivity contribution is 7.19. The van der Waals surface area contributed by atoms with Crippen LogP contribution in [0.1, 0.15) is 10.6 Å². The van der Waals surface area contributed by atoms with Gasteiger partial charge in [-0.05, 0) is 23.8 Å². The molecule has 0 fully saturated rings. The van der Waals surface area contributed by atoms with Crippen molar-refractivity contribution >= 4 is 39.5 Å². The molecule has 0 saturated heterocycles. The van der Waals surface area contributed by atoms with E-state index >= 15 is 0 Å². The summed E-state index contributed by atoms with van der Waals surface area (Å²) in [6.07, 6.45) is 3.00. The number of fused-ring (bicyclic) bond motifs is 1. The van der Waals surface area contributed by atoms with Crippen LogP contribution in [0, 0.1) is 0 Å². The predicted octanol–water partition coefficient (Wildman–Crippen LogP) is 3.17. The molecule has 0 aliphatic carbocycles. The van der Waals surface area contributed by atoms with Crippen LogP contribution in [0.4, 0.5) is 0 Å². The summed E-state index contributed by atoms with van der Waals surface area (Å²) in [6.45, 7) is 0.0208. The highest BCUT2D eigenvalue weighted by Crippen LogP contribution is 2.22. The van der Waals surface area contributed by atoms with E-state index in [1.165, 1.54) is 17.4 Å². The van der Waals surface area contributed by atoms with Crippen LogP contribution in [-0.4, -0.2) is 23.4 Å². The average molecular weight is 352 g/mol. The number of thiazole rings is 1. The molecule has 1 aromatic heterocycles. The zero-order valence-corrected chi connectivity index (χ0v) is 14.2. The summed E-state index contributed by atoms with van der Waals surface area (Å²) in [5.41, 5.74) is 1.80. The van der Waals surface area contributed by atoms with Gasteiger partial charge in [0.1, 0.15) is 18.2 Å². The minimum atomic E-state index is -0.481. The number of rotatable bonds is 6. The monoisotopic (exact) mass is 352 g/mol.